The van der Waals surface area contributed by atoms with E-state index < -0.39 is 4.92 Å². The van der Waals surface area contributed by atoms with Crippen LogP contribution in [0.15, 0.2) is 36.4 Å². The number of rotatable bonds is 4. The molecule has 0 amide bonds. The highest BCUT2D eigenvalue weighted by atomic mass is 19.1. The molecule has 4 nitrogen and oxygen atoms in total. The maximum atomic E-state index is 13.4. The Morgan fingerprint density at radius 3 is 2.65 bits per heavy atom. The number of hydrogen-bond acceptors (Lipinski definition) is 3. The zero-order chi connectivity index (χ0) is 14.7. The van der Waals surface area contributed by atoms with Gasteiger partial charge in [0.1, 0.15) is 5.82 Å². The molecule has 2 aromatic carbocycles. The molecule has 0 aliphatic carbocycles. The minimum absolute atomic E-state index is 0.0742. The maximum Gasteiger partial charge on any atom is 0.274 e. The van der Waals surface area contributed by atoms with E-state index >= 15 is 0 Å². The van der Waals surface area contributed by atoms with Crippen LogP contribution in [0.5, 0.6) is 0 Å². The van der Waals surface area contributed by atoms with Gasteiger partial charge in [-0.3, -0.25) is 10.1 Å². The van der Waals surface area contributed by atoms with Crippen LogP contribution in [0.4, 0.5) is 15.8 Å². The molecule has 0 atom stereocenters. The Balaban J connectivity index is 2.17. The first-order chi connectivity index (χ1) is 9.49. The van der Waals surface area contributed by atoms with Crippen LogP contribution in [0.3, 0.4) is 0 Å². The summed E-state index contributed by atoms with van der Waals surface area (Å²) in [4.78, 5) is 10.4. The second-order valence-electron chi connectivity index (χ2n) is 4.64. The molecule has 0 aliphatic rings. The summed E-state index contributed by atoms with van der Waals surface area (Å²) in [6, 6.07) is 9.88. The van der Waals surface area contributed by atoms with Crippen LogP contribution < -0.4 is 5.32 Å². The molecule has 5 heteroatoms. The number of benzene rings is 2. The van der Waals surface area contributed by atoms with Gasteiger partial charge in [0.2, 0.25) is 0 Å². The van der Waals surface area contributed by atoms with Crippen LogP contribution in [0.1, 0.15) is 16.7 Å². The van der Waals surface area contributed by atoms with Crippen molar-refractivity contribution in [2.75, 3.05) is 5.32 Å². The average Bonchev–Trinajstić information content (AvgIpc) is 2.41. The van der Waals surface area contributed by atoms with Crippen LogP contribution >= 0.6 is 0 Å². The van der Waals surface area contributed by atoms with Crippen molar-refractivity contribution < 1.29 is 9.31 Å². The predicted octanol–water partition coefficient (Wildman–Crippen LogP) is 3.96. The molecular weight excluding hydrogens is 259 g/mol. The lowest BCUT2D eigenvalue weighted by Crippen LogP contribution is -2.03. The summed E-state index contributed by atoms with van der Waals surface area (Å²) in [5.41, 5.74) is 2.72. The average molecular weight is 274 g/mol. The van der Waals surface area contributed by atoms with E-state index in [0.29, 0.717) is 23.4 Å². The summed E-state index contributed by atoms with van der Waals surface area (Å²) < 4.78 is 13.4. The fourth-order valence-electron chi connectivity index (χ4n) is 1.96. The molecule has 1 N–H and O–H groups in total. The molecule has 0 bridgehead atoms. The van der Waals surface area contributed by atoms with Crippen molar-refractivity contribution in [1.29, 1.82) is 0 Å². The first-order valence-corrected chi connectivity index (χ1v) is 6.22. The van der Waals surface area contributed by atoms with E-state index in [2.05, 4.69) is 5.32 Å². The Kier molecular flexibility index (Phi) is 3.98. The number of nitro benzene ring substituents is 1. The second kappa shape index (κ2) is 5.69. The zero-order valence-corrected chi connectivity index (χ0v) is 11.3. The standard InChI is InChI=1S/C15H15FN2O2/c1-10-6-7-12(8-13(10)16)9-17-14-4-3-5-15(11(14)2)18(19)20/h3-8,17H,9H2,1-2H3. The summed E-state index contributed by atoms with van der Waals surface area (Å²) in [5.74, 6) is -0.250. The lowest BCUT2D eigenvalue weighted by Gasteiger charge is -2.10. The molecule has 0 spiro atoms. The summed E-state index contributed by atoms with van der Waals surface area (Å²) in [6.07, 6.45) is 0. The smallest absolute Gasteiger partial charge is 0.274 e. The topological polar surface area (TPSA) is 55.2 Å². The van der Waals surface area contributed by atoms with Gasteiger partial charge in [0, 0.05) is 23.9 Å². The SMILES string of the molecule is Cc1ccc(CNc2cccc([N+](=O)[O-])c2C)cc1F. The Hall–Kier alpha value is -2.43. The van der Waals surface area contributed by atoms with Gasteiger partial charge in [-0.2, -0.15) is 0 Å². The molecule has 0 fully saturated rings. The summed E-state index contributed by atoms with van der Waals surface area (Å²) in [5, 5.41) is 14.0. The van der Waals surface area contributed by atoms with Gasteiger partial charge in [-0.1, -0.05) is 18.2 Å². The minimum atomic E-state index is -0.411. The van der Waals surface area contributed by atoms with Gasteiger partial charge in [0.05, 0.1) is 4.92 Å². The van der Waals surface area contributed by atoms with Crippen LogP contribution in [-0.4, -0.2) is 4.92 Å². The van der Waals surface area contributed by atoms with E-state index in [-0.39, 0.29) is 11.5 Å². The Bertz CT molecular complexity index is 656. The number of anilines is 1. The maximum absolute atomic E-state index is 13.4. The molecule has 0 aromatic heterocycles. The molecule has 0 unspecified atom stereocenters. The molecule has 0 saturated carbocycles. The largest absolute Gasteiger partial charge is 0.381 e. The van der Waals surface area contributed by atoms with Gasteiger partial charge in [-0.05, 0) is 37.1 Å². The molecule has 0 saturated heterocycles. The van der Waals surface area contributed by atoms with Crippen LogP contribution in [0.2, 0.25) is 0 Å². The van der Waals surface area contributed by atoms with E-state index in [1.54, 1.807) is 32.0 Å². The highest BCUT2D eigenvalue weighted by Crippen LogP contribution is 2.25. The van der Waals surface area contributed by atoms with Gasteiger partial charge >= 0.3 is 0 Å². The number of nitrogens with one attached hydrogen (secondary N) is 1. The number of nitro groups is 1. The normalized spacial score (nSPS) is 10.3. The summed E-state index contributed by atoms with van der Waals surface area (Å²) in [6.45, 7) is 3.81. The van der Waals surface area contributed by atoms with Gasteiger partial charge in [0.25, 0.3) is 5.69 Å². The van der Waals surface area contributed by atoms with Gasteiger partial charge in [0.15, 0.2) is 0 Å². The lowest BCUT2D eigenvalue weighted by molar-refractivity contribution is -0.385. The third kappa shape index (κ3) is 2.93. The number of halogens is 1. The van der Waals surface area contributed by atoms with Crippen LogP contribution in [0.25, 0.3) is 0 Å². The molecule has 0 aliphatic heterocycles. The van der Waals surface area contributed by atoms with Crippen molar-refractivity contribution in [3.8, 4) is 0 Å². The number of hydrogen-bond donors (Lipinski definition) is 1. The van der Waals surface area contributed by atoms with Crippen molar-refractivity contribution >= 4 is 11.4 Å². The first kappa shape index (κ1) is 14.0. The first-order valence-electron chi connectivity index (χ1n) is 6.22. The molecule has 0 radical (unpaired) electrons. The van der Waals surface area contributed by atoms with Crippen LogP contribution in [-0.2, 0) is 6.54 Å². The lowest BCUT2D eigenvalue weighted by atomic mass is 10.1. The van der Waals surface area contributed by atoms with Crippen molar-refractivity contribution in [2.45, 2.75) is 20.4 Å². The van der Waals surface area contributed by atoms with Crippen LogP contribution in [0, 0.1) is 29.8 Å². The Labute approximate surface area is 116 Å². The van der Waals surface area contributed by atoms with Crippen molar-refractivity contribution in [1.82, 2.24) is 0 Å². The highest BCUT2D eigenvalue weighted by molar-refractivity contribution is 5.59. The van der Waals surface area contributed by atoms with E-state index in [1.165, 1.54) is 12.1 Å². The second-order valence-corrected chi connectivity index (χ2v) is 4.64. The minimum Gasteiger partial charge on any atom is -0.381 e. The predicted molar refractivity (Wildman–Crippen MR) is 76.3 cm³/mol. The summed E-state index contributed by atoms with van der Waals surface area (Å²) in [7, 11) is 0. The monoisotopic (exact) mass is 274 g/mol. The quantitative estimate of drug-likeness (QED) is 0.678. The highest BCUT2D eigenvalue weighted by Gasteiger charge is 2.12. The van der Waals surface area contributed by atoms with E-state index in [9.17, 15) is 14.5 Å². The number of aryl methyl sites for hydroxylation is 1. The molecule has 20 heavy (non-hydrogen) atoms. The van der Waals surface area contributed by atoms with E-state index in [1.807, 2.05) is 6.07 Å². The zero-order valence-electron chi connectivity index (χ0n) is 11.3. The van der Waals surface area contributed by atoms with Gasteiger partial charge < -0.3 is 5.32 Å². The van der Waals surface area contributed by atoms with Gasteiger partial charge in [-0.25, -0.2) is 4.39 Å². The third-order valence-corrected chi connectivity index (χ3v) is 3.22. The molecular formula is C15H15FN2O2. The number of nitrogens with zero attached hydrogens (tertiary/aromatic N) is 1. The molecule has 104 valence electrons. The molecule has 2 rings (SSSR count). The molecule has 2 aromatic rings. The van der Waals surface area contributed by atoms with Crippen molar-refractivity contribution in [2.24, 2.45) is 0 Å². The molecule has 0 heterocycles. The van der Waals surface area contributed by atoms with Crippen molar-refractivity contribution in [3.63, 3.8) is 0 Å². The summed E-state index contributed by atoms with van der Waals surface area (Å²) >= 11 is 0. The fourth-order valence-corrected chi connectivity index (χ4v) is 1.96. The van der Waals surface area contributed by atoms with E-state index in [0.717, 1.165) is 5.56 Å². The fraction of sp³-hybridized carbons (Fsp3) is 0.200. The Morgan fingerprint density at radius 1 is 1.25 bits per heavy atom. The Morgan fingerprint density at radius 2 is 2.00 bits per heavy atom. The third-order valence-electron chi connectivity index (χ3n) is 3.22. The van der Waals surface area contributed by atoms with Crippen molar-refractivity contribution in [3.05, 3.63) is 69.0 Å². The van der Waals surface area contributed by atoms with E-state index in [4.69, 9.17) is 0 Å². The van der Waals surface area contributed by atoms with Gasteiger partial charge in [-0.15, -0.1) is 0 Å².